The Bertz CT molecular complexity index is 771. The van der Waals surface area contributed by atoms with Crippen molar-refractivity contribution in [3.8, 4) is 0 Å². The molecule has 6 nitrogen and oxygen atoms in total. The molecule has 0 radical (unpaired) electrons. The number of nitro benzene ring substituents is 1. The topological polar surface area (TPSA) is 78.7 Å². The number of carbonyl (C=O) groups excluding carboxylic acids is 1. The summed E-state index contributed by atoms with van der Waals surface area (Å²) in [7, 11) is 1.66. The molecule has 0 aliphatic carbocycles. The van der Waals surface area contributed by atoms with Crippen molar-refractivity contribution in [3.05, 3.63) is 88.0 Å². The van der Waals surface area contributed by atoms with Crippen LogP contribution in [0, 0.1) is 10.1 Å². The van der Waals surface area contributed by atoms with Gasteiger partial charge in [-0.25, -0.2) is 4.79 Å². The van der Waals surface area contributed by atoms with Gasteiger partial charge in [-0.15, -0.1) is 0 Å². The molecule has 27 heavy (non-hydrogen) atoms. The molecule has 0 N–H and O–H groups in total. The van der Waals surface area contributed by atoms with Gasteiger partial charge in [0.25, 0.3) is 5.69 Å². The van der Waals surface area contributed by atoms with E-state index in [2.05, 4.69) is 0 Å². The minimum atomic E-state index is -0.516. The summed E-state index contributed by atoms with van der Waals surface area (Å²) < 4.78 is 10.9. The molecule has 0 aliphatic rings. The van der Waals surface area contributed by atoms with Gasteiger partial charge in [0.1, 0.15) is 6.10 Å². The highest BCUT2D eigenvalue weighted by Gasteiger charge is 2.18. The number of esters is 1. The van der Waals surface area contributed by atoms with Crippen LogP contribution in [0.3, 0.4) is 0 Å². The molecule has 142 valence electrons. The molecule has 0 aliphatic heterocycles. The van der Waals surface area contributed by atoms with Gasteiger partial charge in [0.05, 0.1) is 16.6 Å². The van der Waals surface area contributed by atoms with E-state index in [4.69, 9.17) is 9.47 Å². The van der Waals surface area contributed by atoms with Crippen molar-refractivity contribution in [1.29, 1.82) is 0 Å². The predicted octanol–water partition coefficient (Wildman–Crippen LogP) is 4.86. The monoisotopic (exact) mass is 369 g/mol. The number of methoxy groups -OCH3 is 1. The van der Waals surface area contributed by atoms with E-state index >= 15 is 0 Å². The molecule has 0 aromatic heterocycles. The standard InChI is InChI=1S/C21H23NO5/c1-16(26-2)8-6-7-11-20(17-9-4-3-5-10-17)27-21(23)18-12-14-19(15-13-18)22(24)25/h3-7,9-10,12-16,20H,8,11H2,1-2H3/b7-6-/t16-,20-/m1/s1. The number of ether oxygens (including phenoxy) is 2. The van der Waals surface area contributed by atoms with Crippen LogP contribution >= 0.6 is 0 Å². The zero-order valence-electron chi connectivity index (χ0n) is 15.4. The molecule has 0 spiro atoms. The molecular formula is C21H23NO5. The SMILES string of the molecule is CO[C@H](C)C/C=C\C[C@@H](OC(=O)c1ccc([N+](=O)[O-])cc1)c1ccccc1. The molecule has 0 bridgehead atoms. The van der Waals surface area contributed by atoms with Gasteiger partial charge in [-0.2, -0.15) is 0 Å². The number of carbonyl (C=O) groups is 1. The van der Waals surface area contributed by atoms with Gasteiger partial charge >= 0.3 is 5.97 Å². The fraction of sp³-hybridized carbons (Fsp3) is 0.286. The summed E-state index contributed by atoms with van der Waals surface area (Å²) >= 11 is 0. The number of benzene rings is 2. The van der Waals surface area contributed by atoms with Gasteiger partial charge in [0.2, 0.25) is 0 Å². The maximum absolute atomic E-state index is 12.5. The molecule has 2 atom stereocenters. The summed E-state index contributed by atoms with van der Waals surface area (Å²) in [6, 6.07) is 14.9. The van der Waals surface area contributed by atoms with Crippen molar-refractivity contribution in [3.63, 3.8) is 0 Å². The molecule has 0 heterocycles. The number of non-ortho nitro benzene ring substituents is 1. The van der Waals surface area contributed by atoms with Gasteiger partial charge in [-0.05, 0) is 31.0 Å². The zero-order valence-corrected chi connectivity index (χ0v) is 15.4. The maximum Gasteiger partial charge on any atom is 0.338 e. The summed E-state index contributed by atoms with van der Waals surface area (Å²) in [5.74, 6) is -0.516. The Morgan fingerprint density at radius 2 is 1.70 bits per heavy atom. The van der Waals surface area contributed by atoms with Gasteiger partial charge in [-0.3, -0.25) is 10.1 Å². The number of nitrogens with zero attached hydrogens (tertiary/aromatic N) is 1. The Hall–Kier alpha value is -2.99. The first-order valence-corrected chi connectivity index (χ1v) is 8.69. The van der Waals surface area contributed by atoms with Crippen LogP contribution in [-0.4, -0.2) is 24.1 Å². The quantitative estimate of drug-likeness (QED) is 0.273. The predicted molar refractivity (Wildman–Crippen MR) is 103 cm³/mol. The van der Waals surface area contributed by atoms with Crippen LogP contribution in [-0.2, 0) is 9.47 Å². The zero-order chi connectivity index (χ0) is 19.6. The molecule has 0 amide bonds. The molecule has 2 aromatic carbocycles. The summed E-state index contributed by atoms with van der Waals surface area (Å²) in [6.45, 7) is 1.98. The lowest BCUT2D eigenvalue weighted by atomic mass is 10.1. The number of hydrogen-bond donors (Lipinski definition) is 0. The molecular weight excluding hydrogens is 346 g/mol. The lowest BCUT2D eigenvalue weighted by Gasteiger charge is -2.17. The van der Waals surface area contributed by atoms with E-state index in [-0.39, 0.29) is 17.4 Å². The fourth-order valence-corrected chi connectivity index (χ4v) is 2.44. The second-order valence-corrected chi connectivity index (χ2v) is 6.10. The summed E-state index contributed by atoms with van der Waals surface area (Å²) in [4.78, 5) is 22.7. The van der Waals surface area contributed by atoms with Crippen molar-refractivity contribution < 1.29 is 19.2 Å². The average Bonchev–Trinajstić information content (AvgIpc) is 2.70. The first kappa shape index (κ1) is 20.3. The normalized spacial score (nSPS) is 13.3. The van der Waals surface area contributed by atoms with E-state index in [9.17, 15) is 14.9 Å². The first-order chi connectivity index (χ1) is 13.0. The number of hydrogen-bond acceptors (Lipinski definition) is 5. The Balaban J connectivity index is 2.09. The average molecular weight is 369 g/mol. The lowest BCUT2D eigenvalue weighted by Crippen LogP contribution is -2.11. The maximum atomic E-state index is 12.5. The second kappa shape index (κ2) is 10.2. The smallest absolute Gasteiger partial charge is 0.338 e. The molecule has 0 saturated heterocycles. The molecule has 6 heteroatoms. The van der Waals surface area contributed by atoms with Crippen LogP contribution < -0.4 is 0 Å². The summed E-state index contributed by atoms with van der Waals surface area (Å²) in [6.07, 6.45) is 4.95. The highest BCUT2D eigenvalue weighted by molar-refractivity contribution is 5.89. The third-order valence-electron chi connectivity index (χ3n) is 4.12. The van der Waals surface area contributed by atoms with Crippen molar-refractivity contribution in [2.45, 2.75) is 32.0 Å². The Kier molecular flexibility index (Phi) is 7.70. The van der Waals surface area contributed by atoms with Crippen LogP contribution in [0.1, 0.15) is 41.8 Å². The van der Waals surface area contributed by atoms with E-state index in [0.717, 1.165) is 12.0 Å². The van der Waals surface area contributed by atoms with Crippen LogP contribution in [0.2, 0.25) is 0 Å². The van der Waals surface area contributed by atoms with E-state index < -0.39 is 17.0 Å². The Labute approximate surface area is 158 Å². The first-order valence-electron chi connectivity index (χ1n) is 8.69. The Morgan fingerprint density at radius 3 is 2.30 bits per heavy atom. The third kappa shape index (κ3) is 6.34. The third-order valence-corrected chi connectivity index (χ3v) is 4.12. The van der Waals surface area contributed by atoms with Crippen molar-refractivity contribution in [2.75, 3.05) is 7.11 Å². The minimum absolute atomic E-state index is 0.0682. The van der Waals surface area contributed by atoms with Crippen molar-refractivity contribution >= 4 is 11.7 Å². The van der Waals surface area contributed by atoms with Gasteiger partial charge < -0.3 is 9.47 Å². The fourth-order valence-electron chi connectivity index (χ4n) is 2.44. The van der Waals surface area contributed by atoms with Gasteiger partial charge in [-0.1, -0.05) is 42.5 Å². The van der Waals surface area contributed by atoms with Crippen LogP contribution in [0.5, 0.6) is 0 Å². The van der Waals surface area contributed by atoms with Gasteiger partial charge in [0, 0.05) is 25.7 Å². The summed E-state index contributed by atoms with van der Waals surface area (Å²) in [5.41, 5.74) is 1.09. The van der Waals surface area contributed by atoms with Gasteiger partial charge in [0.15, 0.2) is 0 Å². The van der Waals surface area contributed by atoms with Crippen LogP contribution in [0.15, 0.2) is 66.7 Å². The van der Waals surface area contributed by atoms with Crippen molar-refractivity contribution in [1.82, 2.24) is 0 Å². The molecule has 0 unspecified atom stereocenters. The molecule has 0 fully saturated rings. The molecule has 0 saturated carbocycles. The minimum Gasteiger partial charge on any atom is -0.454 e. The number of rotatable bonds is 9. The van der Waals surface area contributed by atoms with E-state index in [1.807, 2.05) is 49.4 Å². The highest BCUT2D eigenvalue weighted by atomic mass is 16.6. The van der Waals surface area contributed by atoms with E-state index in [0.29, 0.717) is 6.42 Å². The lowest BCUT2D eigenvalue weighted by molar-refractivity contribution is -0.384. The van der Waals surface area contributed by atoms with Crippen LogP contribution in [0.25, 0.3) is 0 Å². The summed E-state index contributed by atoms with van der Waals surface area (Å²) in [5, 5.41) is 10.7. The Morgan fingerprint density at radius 1 is 1.07 bits per heavy atom. The molecule has 2 aromatic rings. The molecule has 2 rings (SSSR count). The van der Waals surface area contributed by atoms with E-state index in [1.165, 1.54) is 24.3 Å². The van der Waals surface area contributed by atoms with Crippen LogP contribution in [0.4, 0.5) is 5.69 Å². The largest absolute Gasteiger partial charge is 0.454 e. The van der Waals surface area contributed by atoms with Crippen molar-refractivity contribution in [2.24, 2.45) is 0 Å². The second-order valence-electron chi connectivity index (χ2n) is 6.10. The highest BCUT2D eigenvalue weighted by Crippen LogP contribution is 2.24. The number of nitro groups is 1. The van der Waals surface area contributed by atoms with E-state index in [1.54, 1.807) is 7.11 Å².